The van der Waals surface area contributed by atoms with Gasteiger partial charge in [-0.15, -0.1) is 0 Å². The Morgan fingerprint density at radius 1 is 1.47 bits per heavy atom. The first-order valence-electron chi connectivity index (χ1n) is 5.76. The summed E-state index contributed by atoms with van der Waals surface area (Å²) in [6.07, 6.45) is 3.56. The molecule has 0 aliphatic rings. The number of aliphatic hydroxyl groups is 1. The van der Waals surface area contributed by atoms with Crippen LogP contribution < -0.4 is 11.1 Å². The predicted octanol–water partition coefficient (Wildman–Crippen LogP) is 1.45. The summed E-state index contributed by atoms with van der Waals surface area (Å²) >= 11 is 3.40. The van der Waals surface area contributed by atoms with Crippen LogP contribution in [0.4, 0.5) is 0 Å². The minimum Gasteiger partial charge on any atom is -0.396 e. The lowest BCUT2D eigenvalue weighted by Gasteiger charge is -2.25. The highest BCUT2D eigenvalue weighted by atomic mass is 79.9. The number of hydrogen-bond donors (Lipinski definition) is 3. The summed E-state index contributed by atoms with van der Waals surface area (Å²) in [4.78, 5) is 4.13. The quantitative estimate of drug-likeness (QED) is 0.744. The van der Waals surface area contributed by atoms with E-state index in [-0.39, 0.29) is 24.6 Å². The van der Waals surface area contributed by atoms with E-state index in [1.807, 2.05) is 19.2 Å². The van der Waals surface area contributed by atoms with Gasteiger partial charge in [-0.3, -0.25) is 4.98 Å². The second kappa shape index (κ2) is 7.06. The van der Waals surface area contributed by atoms with Crippen LogP contribution in [-0.2, 0) is 0 Å². The first-order valence-corrected chi connectivity index (χ1v) is 6.55. The zero-order valence-electron chi connectivity index (χ0n) is 10.2. The van der Waals surface area contributed by atoms with Gasteiger partial charge in [0.25, 0.3) is 0 Å². The van der Waals surface area contributed by atoms with Crippen molar-refractivity contribution in [2.24, 2.45) is 11.7 Å². The van der Waals surface area contributed by atoms with Gasteiger partial charge in [0.1, 0.15) is 0 Å². The lowest BCUT2D eigenvalue weighted by molar-refractivity contribution is 0.201. The number of nitrogens with zero attached hydrogens (tertiary/aromatic N) is 1. The molecule has 0 aliphatic carbocycles. The first-order chi connectivity index (χ1) is 8.08. The normalized spacial score (nSPS) is 16.5. The molecule has 1 heterocycles. The number of halogens is 1. The third kappa shape index (κ3) is 4.35. The van der Waals surface area contributed by atoms with Gasteiger partial charge in [0.15, 0.2) is 0 Å². The molecular formula is C12H20BrN3O. The van der Waals surface area contributed by atoms with E-state index in [1.54, 1.807) is 6.20 Å². The Labute approximate surface area is 111 Å². The van der Waals surface area contributed by atoms with Crippen LogP contribution >= 0.6 is 15.9 Å². The lowest BCUT2D eigenvalue weighted by atomic mass is 10.0. The molecule has 0 amide bonds. The van der Waals surface area contributed by atoms with Crippen LogP contribution in [0.2, 0.25) is 0 Å². The molecule has 3 atom stereocenters. The van der Waals surface area contributed by atoms with Crippen molar-refractivity contribution in [3.8, 4) is 0 Å². The van der Waals surface area contributed by atoms with Crippen LogP contribution in [0.25, 0.3) is 0 Å². The van der Waals surface area contributed by atoms with Crippen LogP contribution in [0, 0.1) is 5.92 Å². The van der Waals surface area contributed by atoms with E-state index >= 15 is 0 Å². The highest BCUT2D eigenvalue weighted by Gasteiger charge is 2.17. The SMILES string of the molecule is CC(CO)C(C)NC(CN)c1cncc(Br)c1. The van der Waals surface area contributed by atoms with E-state index in [1.165, 1.54) is 0 Å². The zero-order valence-corrected chi connectivity index (χ0v) is 11.8. The number of hydrogen-bond acceptors (Lipinski definition) is 4. The highest BCUT2D eigenvalue weighted by molar-refractivity contribution is 9.10. The smallest absolute Gasteiger partial charge is 0.0471 e. The van der Waals surface area contributed by atoms with Crippen LogP contribution in [0.3, 0.4) is 0 Å². The van der Waals surface area contributed by atoms with Gasteiger partial charge in [-0.1, -0.05) is 6.92 Å². The average molecular weight is 302 g/mol. The van der Waals surface area contributed by atoms with Crippen LogP contribution in [0.1, 0.15) is 25.5 Å². The minimum atomic E-state index is 0.0593. The van der Waals surface area contributed by atoms with Crippen LogP contribution in [0.15, 0.2) is 22.9 Å². The van der Waals surface area contributed by atoms with Gasteiger partial charge < -0.3 is 16.2 Å². The summed E-state index contributed by atoms with van der Waals surface area (Å²) in [5, 5.41) is 12.5. The topological polar surface area (TPSA) is 71.2 Å². The van der Waals surface area contributed by atoms with Gasteiger partial charge >= 0.3 is 0 Å². The maximum atomic E-state index is 9.11. The lowest BCUT2D eigenvalue weighted by Crippen LogP contribution is -2.39. The van der Waals surface area contributed by atoms with Crippen molar-refractivity contribution in [2.75, 3.05) is 13.2 Å². The number of pyridine rings is 1. The van der Waals surface area contributed by atoms with E-state index in [2.05, 4.69) is 33.2 Å². The predicted molar refractivity (Wildman–Crippen MR) is 72.6 cm³/mol. The van der Waals surface area contributed by atoms with Crippen molar-refractivity contribution in [2.45, 2.75) is 25.9 Å². The number of aromatic nitrogens is 1. The largest absolute Gasteiger partial charge is 0.396 e. The molecule has 96 valence electrons. The second-order valence-corrected chi connectivity index (χ2v) is 5.26. The van der Waals surface area contributed by atoms with Gasteiger partial charge in [0, 0.05) is 42.1 Å². The monoisotopic (exact) mass is 301 g/mol. The number of aliphatic hydroxyl groups excluding tert-OH is 1. The van der Waals surface area contributed by atoms with Crippen molar-refractivity contribution in [3.05, 3.63) is 28.5 Å². The summed E-state index contributed by atoms with van der Waals surface area (Å²) in [5.74, 6) is 0.198. The standard InChI is InChI=1S/C12H20BrN3O/c1-8(7-17)9(2)16-12(4-14)10-3-11(13)6-15-5-10/h3,5-6,8-9,12,16-17H,4,7,14H2,1-2H3. The third-order valence-corrected chi connectivity index (χ3v) is 3.40. The van der Waals surface area contributed by atoms with Crippen molar-refractivity contribution in [3.63, 3.8) is 0 Å². The summed E-state index contributed by atoms with van der Waals surface area (Å²) in [7, 11) is 0. The fourth-order valence-corrected chi connectivity index (χ4v) is 1.94. The first kappa shape index (κ1) is 14.6. The third-order valence-electron chi connectivity index (χ3n) is 2.97. The molecule has 0 saturated carbocycles. The summed E-state index contributed by atoms with van der Waals surface area (Å²) < 4.78 is 0.943. The van der Waals surface area contributed by atoms with Crippen LogP contribution in [-0.4, -0.2) is 29.3 Å². The molecule has 5 heteroatoms. The maximum Gasteiger partial charge on any atom is 0.0471 e. The highest BCUT2D eigenvalue weighted by Crippen LogP contribution is 2.17. The van der Waals surface area contributed by atoms with Crippen LogP contribution in [0.5, 0.6) is 0 Å². The molecule has 1 aromatic rings. The van der Waals surface area contributed by atoms with Gasteiger partial charge in [-0.2, -0.15) is 0 Å². The van der Waals surface area contributed by atoms with Crippen molar-refractivity contribution in [1.29, 1.82) is 0 Å². The van der Waals surface area contributed by atoms with E-state index in [9.17, 15) is 0 Å². The van der Waals surface area contributed by atoms with Crippen molar-refractivity contribution in [1.82, 2.24) is 10.3 Å². The summed E-state index contributed by atoms with van der Waals surface area (Å²) in [6.45, 7) is 4.72. The summed E-state index contributed by atoms with van der Waals surface area (Å²) in [5.41, 5.74) is 6.83. The maximum absolute atomic E-state index is 9.11. The fourth-order valence-electron chi connectivity index (χ4n) is 1.56. The Bertz CT molecular complexity index is 348. The average Bonchev–Trinajstić information content (AvgIpc) is 2.34. The Morgan fingerprint density at radius 2 is 2.18 bits per heavy atom. The molecular weight excluding hydrogens is 282 g/mol. The second-order valence-electron chi connectivity index (χ2n) is 4.34. The number of nitrogens with two attached hydrogens (primary N) is 1. The molecule has 0 aromatic carbocycles. The van der Waals surface area contributed by atoms with Gasteiger partial charge in [0.2, 0.25) is 0 Å². The Balaban J connectivity index is 2.72. The van der Waals surface area contributed by atoms with Gasteiger partial charge in [0.05, 0.1) is 0 Å². The number of rotatable bonds is 6. The minimum absolute atomic E-state index is 0.0593. The molecule has 0 saturated heterocycles. The van der Waals surface area contributed by atoms with E-state index in [4.69, 9.17) is 10.8 Å². The molecule has 0 bridgehead atoms. The van der Waals surface area contributed by atoms with E-state index in [0.29, 0.717) is 6.54 Å². The Hall–Kier alpha value is -0.490. The Morgan fingerprint density at radius 3 is 2.71 bits per heavy atom. The molecule has 1 aromatic heterocycles. The Kier molecular flexibility index (Phi) is 6.05. The molecule has 1 rings (SSSR count). The molecule has 0 spiro atoms. The van der Waals surface area contributed by atoms with Crippen molar-refractivity contribution < 1.29 is 5.11 Å². The van der Waals surface area contributed by atoms with Gasteiger partial charge in [-0.05, 0) is 40.4 Å². The summed E-state index contributed by atoms with van der Waals surface area (Å²) in [6, 6.07) is 2.27. The molecule has 0 radical (unpaired) electrons. The van der Waals surface area contributed by atoms with E-state index in [0.717, 1.165) is 10.0 Å². The molecule has 3 unspecified atom stereocenters. The number of nitrogens with one attached hydrogen (secondary N) is 1. The molecule has 0 fully saturated rings. The molecule has 4 nitrogen and oxygen atoms in total. The van der Waals surface area contributed by atoms with Crippen molar-refractivity contribution >= 4 is 15.9 Å². The zero-order chi connectivity index (χ0) is 12.8. The fraction of sp³-hybridized carbons (Fsp3) is 0.583. The van der Waals surface area contributed by atoms with E-state index < -0.39 is 0 Å². The van der Waals surface area contributed by atoms with Gasteiger partial charge in [-0.25, -0.2) is 0 Å². The molecule has 17 heavy (non-hydrogen) atoms. The molecule has 4 N–H and O–H groups in total. The molecule has 0 aliphatic heterocycles.